The van der Waals surface area contributed by atoms with E-state index in [1.165, 1.54) is 0 Å². The van der Waals surface area contributed by atoms with E-state index in [4.69, 9.17) is 11.9 Å². The average Bonchev–Trinajstić information content (AvgIpc) is 1.39. The topological polar surface area (TPSA) is 54.4 Å². The zero-order valence-electron chi connectivity index (χ0n) is 3.29. The second kappa shape index (κ2) is 18.7. The zero-order valence-corrected chi connectivity index (χ0v) is 5.56. The summed E-state index contributed by atoms with van der Waals surface area (Å²) in [6.45, 7) is 1.93. The van der Waals surface area contributed by atoms with Crippen LogP contribution in [0.4, 0.5) is 0 Å². The van der Waals surface area contributed by atoms with E-state index in [0.29, 0.717) is 0 Å². The first-order valence-electron chi connectivity index (χ1n) is 1.28. The van der Waals surface area contributed by atoms with Crippen molar-refractivity contribution < 1.29 is 30.4 Å². The van der Waals surface area contributed by atoms with Gasteiger partial charge in [0.15, 0.2) is 0 Å². The first-order valence-corrected chi connectivity index (χ1v) is 3.14. The average molecular weight is 273 g/mol. The van der Waals surface area contributed by atoms with Gasteiger partial charge in [0.1, 0.15) is 0 Å². The molecule has 0 unspecified atom stereocenters. The Hall–Kier alpha value is 0.248. The molecule has 0 atom stereocenters. The summed E-state index contributed by atoms with van der Waals surface area (Å²) in [5.41, 5.74) is 0. The van der Waals surface area contributed by atoms with Crippen LogP contribution < -0.4 is 0 Å². The summed E-state index contributed by atoms with van der Waals surface area (Å²) >= 11 is -1.92. The Labute approximate surface area is 44.5 Å². The van der Waals surface area contributed by atoms with Crippen molar-refractivity contribution in [1.29, 1.82) is 0 Å². The standard InChI is InChI=1S/C2H6O.2O.Pt/c1-2-3;;;/h3H,2H2,1H3;;;. The van der Waals surface area contributed by atoms with Gasteiger partial charge in [-0.1, -0.05) is 0 Å². The number of aliphatic hydroxyl groups excluding tert-OH is 1. The maximum atomic E-state index is 8.49. The quantitative estimate of drug-likeness (QED) is 0.662. The Bertz CT molecular complexity index is 38.1. The summed E-state index contributed by atoms with van der Waals surface area (Å²) in [6.07, 6.45) is 0. The van der Waals surface area contributed by atoms with Crippen molar-refractivity contribution in [2.75, 3.05) is 6.61 Å². The van der Waals surface area contributed by atoms with Gasteiger partial charge in [-0.05, 0) is 6.92 Å². The van der Waals surface area contributed by atoms with E-state index >= 15 is 0 Å². The fourth-order valence-corrected chi connectivity index (χ4v) is 0. The normalized spacial score (nSPS) is 6.33. The van der Waals surface area contributed by atoms with Crippen LogP contribution in [0.25, 0.3) is 0 Å². The molecule has 0 aliphatic carbocycles. The summed E-state index contributed by atoms with van der Waals surface area (Å²) in [4.78, 5) is 0. The SMILES string of the molecule is CCO.[O]=[Pt]=[O]. The fraction of sp³-hybridized carbons (Fsp3) is 1.00. The predicted molar refractivity (Wildman–Crippen MR) is 14.1 cm³/mol. The molecule has 4 heteroatoms. The third-order valence-corrected chi connectivity index (χ3v) is 0. The third kappa shape index (κ3) is 727. The molecule has 0 rings (SSSR count). The van der Waals surface area contributed by atoms with Gasteiger partial charge in [0, 0.05) is 6.61 Å². The van der Waals surface area contributed by atoms with E-state index in [9.17, 15) is 0 Å². The Morgan fingerprint density at radius 1 is 1.67 bits per heavy atom. The van der Waals surface area contributed by atoms with Crippen molar-refractivity contribution in [2.24, 2.45) is 0 Å². The third-order valence-electron chi connectivity index (χ3n) is 0. The number of hydrogen-bond donors (Lipinski definition) is 1. The molecule has 0 spiro atoms. The van der Waals surface area contributed by atoms with E-state index in [0.717, 1.165) is 0 Å². The van der Waals surface area contributed by atoms with Crippen molar-refractivity contribution in [3.05, 3.63) is 0 Å². The van der Waals surface area contributed by atoms with Crippen LogP contribution >= 0.6 is 0 Å². The van der Waals surface area contributed by atoms with Crippen LogP contribution in [0.5, 0.6) is 0 Å². The van der Waals surface area contributed by atoms with Crippen LogP contribution in [0.1, 0.15) is 6.92 Å². The summed E-state index contributed by atoms with van der Waals surface area (Å²) < 4.78 is 17.0. The summed E-state index contributed by atoms with van der Waals surface area (Å²) in [6, 6.07) is 0. The molecule has 0 aromatic carbocycles. The Morgan fingerprint density at radius 2 is 1.67 bits per heavy atom. The maximum absolute atomic E-state index is 8.49. The molecular formula is C2H6O3Pt. The van der Waals surface area contributed by atoms with E-state index < -0.39 is 18.5 Å². The first-order chi connectivity index (χ1) is 2.83. The molecule has 0 aliphatic rings. The minimum atomic E-state index is -1.92. The molecule has 0 fully saturated rings. The molecular weight excluding hydrogens is 267 g/mol. The second-order valence-corrected chi connectivity index (χ2v) is 0.748. The van der Waals surface area contributed by atoms with Crippen LogP contribution in [-0.4, -0.2) is 11.7 Å². The van der Waals surface area contributed by atoms with Crippen LogP contribution in [0.2, 0.25) is 0 Å². The van der Waals surface area contributed by atoms with Crippen molar-refractivity contribution in [1.82, 2.24) is 0 Å². The van der Waals surface area contributed by atoms with Gasteiger partial charge in [-0.25, -0.2) is 0 Å². The van der Waals surface area contributed by atoms with Crippen LogP contribution in [0.3, 0.4) is 0 Å². The molecule has 0 aromatic rings. The molecule has 0 amide bonds. The Balaban J connectivity index is 0. The molecule has 0 bridgehead atoms. The molecule has 0 saturated carbocycles. The van der Waals surface area contributed by atoms with E-state index in [1.54, 1.807) is 6.92 Å². The molecule has 0 saturated heterocycles. The van der Waals surface area contributed by atoms with Crippen molar-refractivity contribution in [3.8, 4) is 0 Å². The van der Waals surface area contributed by atoms with Crippen LogP contribution in [0, 0.1) is 0 Å². The van der Waals surface area contributed by atoms with Gasteiger partial charge in [0.2, 0.25) is 0 Å². The monoisotopic (exact) mass is 273 g/mol. The molecule has 1 N–H and O–H groups in total. The second-order valence-electron chi connectivity index (χ2n) is 0.369. The first kappa shape index (κ1) is 9.54. The molecule has 42 valence electrons. The number of rotatable bonds is 0. The van der Waals surface area contributed by atoms with Crippen molar-refractivity contribution in [2.45, 2.75) is 6.92 Å². The van der Waals surface area contributed by atoms with Crippen molar-refractivity contribution >= 4 is 0 Å². The van der Waals surface area contributed by atoms with Gasteiger partial charge in [-0.3, -0.25) is 0 Å². The van der Waals surface area contributed by atoms with Gasteiger partial charge in [0.25, 0.3) is 0 Å². The zero-order chi connectivity index (χ0) is 5.41. The van der Waals surface area contributed by atoms with Gasteiger partial charge >= 0.3 is 25.3 Å². The number of hydrogen-bond acceptors (Lipinski definition) is 3. The molecule has 0 heterocycles. The minimum absolute atomic E-state index is 0.250. The Morgan fingerprint density at radius 3 is 1.67 bits per heavy atom. The number of aliphatic hydroxyl groups is 1. The molecule has 0 radical (unpaired) electrons. The van der Waals surface area contributed by atoms with E-state index in [2.05, 4.69) is 0 Å². The van der Waals surface area contributed by atoms with E-state index in [-0.39, 0.29) is 6.61 Å². The van der Waals surface area contributed by atoms with E-state index in [1.807, 2.05) is 0 Å². The van der Waals surface area contributed by atoms with Gasteiger partial charge in [-0.2, -0.15) is 0 Å². The summed E-state index contributed by atoms with van der Waals surface area (Å²) in [7, 11) is 0. The Kier molecular flexibility index (Phi) is 29.8. The van der Waals surface area contributed by atoms with Crippen LogP contribution in [-0.2, 0) is 25.3 Å². The van der Waals surface area contributed by atoms with Crippen LogP contribution in [0.15, 0.2) is 0 Å². The van der Waals surface area contributed by atoms with Gasteiger partial charge < -0.3 is 5.11 Å². The fourth-order valence-electron chi connectivity index (χ4n) is 0. The molecule has 3 nitrogen and oxygen atoms in total. The van der Waals surface area contributed by atoms with Crippen molar-refractivity contribution in [3.63, 3.8) is 0 Å². The van der Waals surface area contributed by atoms with Gasteiger partial charge in [-0.15, -0.1) is 0 Å². The summed E-state index contributed by atoms with van der Waals surface area (Å²) in [5.74, 6) is 0. The predicted octanol–water partition coefficient (Wildman–Crippen LogP) is -0.241. The molecule has 0 aliphatic heterocycles. The van der Waals surface area contributed by atoms with Gasteiger partial charge in [0.05, 0.1) is 0 Å². The summed E-state index contributed by atoms with van der Waals surface area (Å²) in [5, 5.41) is 7.57. The molecule has 6 heavy (non-hydrogen) atoms. The molecule has 0 aromatic heterocycles.